The van der Waals surface area contributed by atoms with Crippen LogP contribution in [0.2, 0.25) is 0 Å². The maximum atomic E-state index is 5.93. The molecule has 0 saturated carbocycles. The molecule has 1 atom stereocenters. The number of ether oxygens (including phenoxy) is 1. The topological polar surface area (TPSA) is 24.5 Å². The first-order valence-electron chi connectivity index (χ1n) is 6.10. The Morgan fingerprint density at radius 2 is 2.06 bits per heavy atom. The lowest BCUT2D eigenvalue weighted by Crippen LogP contribution is -2.46. The van der Waals surface area contributed by atoms with Gasteiger partial charge >= 0.3 is 0 Å². The normalized spacial score (nSPS) is 19.9. The summed E-state index contributed by atoms with van der Waals surface area (Å²) < 4.78 is 5.93. The summed E-state index contributed by atoms with van der Waals surface area (Å²) in [5.41, 5.74) is 2.52. The Hall–Kier alpha value is -1.06. The maximum absolute atomic E-state index is 5.93. The molecule has 3 nitrogen and oxygen atoms in total. The number of hydrogen-bond acceptors (Lipinski definition) is 3. The predicted octanol–water partition coefficient (Wildman–Crippen LogP) is 2.54. The summed E-state index contributed by atoms with van der Waals surface area (Å²) in [4.78, 5) is 2.20. The van der Waals surface area contributed by atoms with Gasteiger partial charge in [-0.15, -0.1) is 0 Å². The Morgan fingerprint density at radius 1 is 1.35 bits per heavy atom. The first kappa shape index (κ1) is 12.4. The van der Waals surface area contributed by atoms with Gasteiger partial charge in [-0.25, -0.2) is 0 Å². The molecular weight excluding hydrogens is 212 g/mol. The van der Waals surface area contributed by atoms with E-state index in [1.54, 1.807) is 0 Å². The molecule has 1 N–H and O–H groups in total. The first-order valence-corrected chi connectivity index (χ1v) is 6.10. The molecule has 2 rings (SSSR count). The van der Waals surface area contributed by atoms with E-state index in [0.717, 1.165) is 6.54 Å². The second-order valence-corrected chi connectivity index (χ2v) is 5.72. The molecule has 0 aromatic heterocycles. The Morgan fingerprint density at radius 3 is 2.76 bits per heavy atom. The highest BCUT2D eigenvalue weighted by atomic mass is 16.5. The number of anilines is 1. The van der Waals surface area contributed by atoms with E-state index in [1.807, 2.05) is 0 Å². The van der Waals surface area contributed by atoms with E-state index in [2.05, 4.69) is 62.4 Å². The van der Waals surface area contributed by atoms with Gasteiger partial charge in [0.2, 0.25) is 0 Å². The highest BCUT2D eigenvalue weighted by Crippen LogP contribution is 2.31. The molecule has 1 unspecified atom stereocenters. The molecule has 17 heavy (non-hydrogen) atoms. The summed E-state index contributed by atoms with van der Waals surface area (Å²) in [6, 6.07) is 8.34. The second-order valence-electron chi connectivity index (χ2n) is 5.72. The van der Waals surface area contributed by atoms with E-state index >= 15 is 0 Å². The molecule has 0 spiro atoms. The molecule has 94 valence electrons. The van der Waals surface area contributed by atoms with Gasteiger partial charge in [-0.05, 0) is 20.2 Å². The largest absolute Gasteiger partial charge is 0.359 e. The molecule has 1 aliphatic heterocycles. The molecule has 0 aliphatic carbocycles. The molecule has 1 aromatic carbocycles. The van der Waals surface area contributed by atoms with Crippen molar-refractivity contribution in [3.05, 3.63) is 29.8 Å². The van der Waals surface area contributed by atoms with Gasteiger partial charge in [-0.3, -0.25) is 0 Å². The third-order valence-electron chi connectivity index (χ3n) is 3.14. The predicted molar refractivity (Wildman–Crippen MR) is 71.0 cm³/mol. The van der Waals surface area contributed by atoms with Gasteiger partial charge in [0.25, 0.3) is 0 Å². The number of fused-ring (bicyclic) bond motifs is 1. The van der Waals surface area contributed by atoms with Crippen LogP contribution >= 0.6 is 0 Å². The number of para-hydroxylation sites is 1. The van der Waals surface area contributed by atoms with E-state index in [-0.39, 0.29) is 11.6 Å². The van der Waals surface area contributed by atoms with Crippen LogP contribution in [-0.4, -0.2) is 31.8 Å². The number of nitrogens with zero attached hydrogens (tertiary/aromatic N) is 1. The van der Waals surface area contributed by atoms with E-state index in [1.165, 1.54) is 11.3 Å². The van der Waals surface area contributed by atoms with Gasteiger partial charge < -0.3 is 15.0 Å². The van der Waals surface area contributed by atoms with Crippen LogP contribution in [0.1, 0.15) is 19.4 Å². The quantitative estimate of drug-likeness (QED) is 0.870. The molecule has 0 bridgehead atoms. The third kappa shape index (κ3) is 2.79. The van der Waals surface area contributed by atoms with Crippen molar-refractivity contribution >= 4 is 5.69 Å². The van der Waals surface area contributed by atoms with Crippen LogP contribution in [0, 0.1) is 5.41 Å². The van der Waals surface area contributed by atoms with E-state index in [9.17, 15) is 0 Å². The number of hydrogen-bond donors (Lipinski definition) is 1. The lowest BCUT2D eigenvalue weighted by molar-refractivity contribution is -0.0324. The van der Waals surface area contributed by atoms with Gasteiger partial charge in [0.05, 0.1) is 6.61 Å². The second kappa shape index (κ2) is 4.67. The van der Waals surface area contributed by atoms with Crippen LogP contribution in [0.25, 0.3) is 0 Å². The lowest BCUT2D eigenvalue weighted by atomic mass is 9.89. The van der Waals surface area contributed by atoms with Crippen molar-refractivity contribution in [2.45, 2.75) is 26.7 Å². The molecule has 0 saturated heterocycles. The average Bonchev–Trinajstić information content (AvgIpc) is 2.26. The van der Waals surface area contributed by atoms with Gasteiger partial charge in [0.1, 0.15) is 6.23 Å². The van der Waals surface area contributed by atoms with Crippen molar-refractivity contribution in [3.63, 3.8) is 0 Å². The lowest BCUT2D eigenvalue weighted by Gasteiger charge is -2.40. The number of rotatable bonds is 3. The molecule has 1 aliphatic rings. The minimum Gasteiger partial charge on any atom is -0.359 e. The van der Waals surface area contributed by atoms with Crippen molar-refractivity contribution in [3.8, 4) is 0 Å². The van der Waals surface area contributed by atoms with Gasteiger partial charge in [0.15, 0.2) is 0 Å². The van der Waals surface area contributed by atoms with Crippen LogP contribution in [0.3, 0.4) is 0 Å². The number of nitrogens with one attached hydrogen (secondary N) is 1. The molecule has 1 heterocycles. The van der Waals surface area contributed by atoms with Crippen LogP contribution < -0.4 is 5.32 Å². The fraction of sp³-hybridized carbons (Fsp3) is 0.571. The van der Waals surface area contributed by atoms with E-state index in [0.29, 0.717) is 6.61 Å². The molecular formula is C14H22N2O. The average molecular weight is 234 g/mol. The van der Waals surface area contributed by atoms with Crippen molar-refractivity contribution in [2.24, 2.45) is 5.41 Å². The zero-order valence-electron chi connectivity index (χ0n) is 11.2. The zero-order valence-corrected chi connectivity index (χ0v) is 11.2. The standard InChI is InChI=1S/C14H22N2O/c1-14(2,10-16(3)4)13-15-12-8-6-5-7-11(12)9-17-13/h5-8,13,15H,9-10H2,1-4H3. The van der Waals surface area contributed by atoms with Crippen molar-refractivity contribution in [1.82, 2.24) is 4.90 Å². The minimum atomic E-state index is 0.0693. The highest BCUT2D eigenvalue weighted by molar-refractivity contribution is 5.52. The SMILES string of the molecule is CN(C)CC(C)(C)C1Nc2ccccc2CO1. The van der Waals surface area contributed by atoms with Crippen LogP contribution in [0.5, 0.6) is 0 Å². The Kier molecular flexibility index (Phi) is 3.40. The van der Waals surface area contributed by atoms with Crippen molar-refractivity contribution in [1.29, 1.82) is 0 Å². The Bertz CT molecular complexity index is 388. The van der Waals surface area contributed by atoms with Crippen LogP contribution in [0.4, 0.5) is 5.69 Å². The van der Waals surface area contributed by atoms with Crippen LogP contribution in [0.15, 0.2) is 24.3 Å². The Balaban J connectivity index is 2.11. The van der Waals surface area contributed by atoms with Crippen molar-refractivity contribution in [2.75, 3.05) is 26.0 Å². The first-order chi connectivity index (χ1) is 7.99. The van der Waals surface area contributed by atoms with Gasteiger partial charge in [-0.1, -0.05) is 32.0 Å². The molecule has 0 radical (unpaired) electrons. The van der Waals surface area contributed by atoms with Crippen molar-refractivity contribution < 1.29 is 4.74 Å². The zero-order chi connectivity index (χ0) is 12.5. The molecule has 0 amide bonds. The third-order valence-corrected chi connectivity index (χ3v) is 3.14. The smallest absolute Gasteiger partial charge is 0.134 e. The fourth-order valence-electron chi connectivity index (χ4n) is 2.46. The fourth-order valence-corrected chi connectivity index (χ4v) is 2.46. The van der Waals surface area contributed by atoms with Gasteiger partial charge in [-0.2, -0.15) is 0 Å². The van der Waals surface area contributed by atoms with Gasteiger partial charge in [0, 0.05) is 23.2 Å². The summed E-state index contributed by atoms with van der Waals surface area (Å²) in [5.74, 6) is 0. The molecule has 3 heteroatoms. The summed E-state index contributed by atoms with van der Waals surface area (Å²) in [5, 5.41) is 3.49. The highest BCUT2D eigenvalue weighted by Gasteiger charge is 2.33. The summed E-state index contributed by atoms with van der Waals surface area (Å²) in [6.07, 6.45) is 0.0693. The van der Waals surface area contributed by atoms with Crippen LogP contribution in [-0.2, 0) is 11.3 Å². The Labute approximate surface area is 104 Å². The number of benzene rings is 1. The summed E-state index contributed by atoms with van der Waals surface area (Å²) >= 11 is 0. The van der Waals surface area contributed by atoms with E-state index < -0.39 is 0 Å². The maximum Gasteiger partial charge on any atom is 0.134 e. The monoisotopic (exact) mass is 234 g/mol. The summed E-state index contributed by atoms with van der Waals surface area (Å²) in [6.45, 7) is 6.16. The minimum absolute atomic E-state index is 0.0693. The summed E-state index contributed by atoms with van der Waals surface area (Å²) in [7, 11) is 4.19. The molecule has 0 fully saturated rings. The van der Waals surface area contributed by atoms with E-state index in [4.69, 9.17) is 4.74 Å². The molecule has 1 aromatic rings.